The highest BCUT2D eigenvalue weighted by Crippen LogP contribution is 2.30. The number of fused-ring (bicyclic) bond motifs is 1. The van der Waals surface area contributed by atoms with Crippen molar-refractivity contribution in [1.82, 2.24) is 9.97 Å². The molecule has 120 valence electrons. The van der Waals surface area contributed by atoms with E-state index in [2.05, 4.69) is 16.0 Å². The van der Waals surface area contributed by atoms with Crippen LogP contribution in [0.25, 0.3) is 11.0 Å². The molecule has 0 fully saturated rings. The van der Waals surface area contributed by atoms with E-state index in [1.807, 2.05) is 32.0 Å². The Morgan fingerprint density at radius 2 is 1.96 bits per heavy atom. The van der Waals surface area contributed by atoms with Crippen LogP contribution in [0.4, 0.5) is 0 Å². The van der Waals surface area contributed by atoms with E-state index in [0.717, 1.165) is 11.4 Å². The van der Waals surface area contributed by atoms with Gasteiger partial charge in [0.15, 0.2) is 0 Å². The van der Waals surface area contributed by atoms with E-state index in [1.54, 1.807) is 0 Å². The molecule has 0 bridgehead atoms. The normalized spacial score (nSPS) is 13.4. The Hall–Kier alpha value is -1.89. The predicted molar refractivity (Wildman–Crippen MR) is 91.2 cm³/mol. The lowest BCUT2D eigenvalue weighted by Gasteiger charge is -2.11. The van der Waals surface area contributed by atoms with Crippen molar-refractivity contribution < 1.29 is 8.42 Å². The summed E-state index contributed by atoms with van der Waals surface area (Å²) in [5.74, 6) is 0.789. The highest BCUT2D eigenvalue weighted by molar-refractivity contribution is 7.89. The zero-order valence-corrected chi connectivity index (χ0v) is 14.2. The van der Waals surface area contributed by atoms with E-state index < -0.39 is 10.0 Å². The minimum atomic E-state index is -3.87. The van der Waals surface area contributed by atoms with E-state index in [1.165, 1.54) is 17.7 Å². The molecule has 1 unspecified atom stereocenters. The summed E-state index contributed by atoms with van der Waals surface area (Å²) >= 11 is 6.01. The van der Waals surface area contributed by atoms with Crippen LogP contribution in [0, 0.1) is 6.92 Å². The van der Waals surface area contributed by atoms with Gasteiger partial charge in [0.05, 0.1) is 16.1 Å². The highest BCUT2D eigenvalue weighted by atomic mass is 35.5. The molecule has 1 heterocycles. The van der Waals surface area contributed by atoms with Crippen LogP contribution in [-0.4, -0.2) is 18.4 Å². The Morgan fingerprint density at radius 1 is 1.26 bits per heavy atom. The Labute approximate surface area is 139 Å². The Bertz CT molecular complexity index is 996. The third-order valence-corrected chi connectivity index (χ3v) is 5.30. The van der Waals surface area contributed by atoms with Crippen molar-refractivity contribution in [2.45, 2.75) is 24.7 Å². The van der Waals surface area contributed by atoms with Crippen molar-refractivity contribution in [3.8, 4) is 0 Å². The summed E-state index contributed by atoms with van der Waals surface area (Å²) < 4.78 is 23.1. The van der Waals surface area contributed by atoms with Crippen LogP contribution in [0.2, 0.25) is 5.02 Å². The predicted octanol–water partition coefficient (Wildman–Crippen LogP) is 3.32. The molecular formula is C16H16ClN3O2S. The summed E-state index contributed by atoms with van der Waals surface area (Å²) in [6.45, 7) is 4.09. The maximum Gasteiger partial charge on any atom is 0.239 e. The smallest absolute Gasteiger partial charge is 0.239 e. The van der Waals surface area contributed by atoms with Crippen molar-refractivity contribution in [2.75, 3.05) is 0 Å². The van der Waals surface area contributed by atoms with Gasteiger partial charge in [0.1, 0.15) is 10.7 Å². The number of hydrogen-bond acceptors (Lipinski definition) is 3. The molecule has 0 aliphatic rings. The van der Waals surface area contributed by atoms with Crippen molar-refractivity contribution in [3.63, 3.8) is 0 Å². The molecular weight excluding hydrogens is 334 g/mol. The zero-order valence-electron chi connectivity index (χ0n) is 12.7. The van der Waals surface area contributed by atoms with Gasteiger partial charge in [-0.15, -0.1) is 0 Å². The van der Waals surface area contributed by atoms with Gasteiger partial charge in [0, 0.05) is 5.92 Å². The number of aryl methyl sites for hydroxylation is 1. The fourth-order valence-electron chi connectivity index (χ4n) is 2.67. The van der Waals surface area contributed by atoms with Gasteiger partial charge in [0.25, 0.3) is 0 Å². The number of hydrogen-bond donors (Lipinski definition) is 2. The quantitative estimate of drug-likeness (QED) is 0.760. The number of nitrogens with two attached hydrogens (primary N) is 1. The van der Waals surface area contributed by atoms with Crippen LogP contribution in [-0.2, 0) is 10.0 Å². The number of nitrogens with one attached hydrogen (secondary N) is 1. The van der Waals surface area contributed by atoms with Gasteiger partial charge >= 0.3 is 0 Å². The van der Waals surface area contributed by atoms with E-state index in [-0.39, 0.29) is 15.8 Å². The van der Waals surface area contributed by atoms with Gasteiger partial charge in [0.2, 0.25) is 10.0 Å². The van der Waals surface area contributed by atoms with Gasteiger partial charge in [-0.25, -0.2) is 18.5 Å². The molecule has 0 spiro atoms. The third kappa shape index (κ3) is 2.97. The summed E-state index contributed by atoms with van der Waals surface area (Å²) in [6.07, 6.45) is 0. The Morgan fingerprint density at radius 3 is 2.61 bits per heavy atom. The van der Waals surface area contributed by atoms with Gasteiger partial charge in [-0.1, -0.05) is 42.8 Å². The molecule has 23 heavy (non-hydrogen) atoms. The first-order valence-electron chi connectivity index (χ1n) is 7.05. The average Bonchev–Trinajstić information content (AvgIpc) is 2.88. The molecule has 7 heteroatoms. The second-order valence-electron chi connectivity index (χ2n) is 5.55. The van der Waals surface area contributed by atoms with Gasteiger partial charge < -0.3 is 4.98 Å². The molecule has 0 aliphatic heterocycles. The third-order valence-electron chi connectivity index (χ3n) is 3.93. The lowest BCUT2D eigenvalue weighted by molar-refractivity contribution is 0.598. The summed E-state index contributed by atoms with van der Waals surface area (Å²) in [4.78, 5) is 7.60. The van der Waals surface area contributed by atoms with Crippen molar-refractivity contribution >= 4 is 32.7 Å². The minimum Gasteiger partial charge on any atom is -0.341 e. The number of nitrogens with zero attached hydrogens (tertiary/aromatic N) is 1. The number of halogens is 1. The fourth-order valence-corrected chi connectivity index (χ4v) is 3.77. The minimum absolute atomic E-state index is 0.0420. The Balaban J connectivity index is 2.12. The molecule has 0 amide bonds. The van der Waals surface area contributed by atoms with Crippen molar-refractivity contribution in [1.29, 1.82) is 0 Å². The molecule has 3 aromatic rings. The second-order valence-corrected chi connectivity index (χ2v) is 7.48. The number of primary sulfonamides is 1. The second kappa shape index (κ2) is 5.63. The summed E-state index contributed by atoms with van der Waals surface area (Å²) in [6, 6.07) is 11.0. The lowest BCUT2D eigenvalue weighted by atomic mass is 9.96. The van der Waals surface area contributed by atoms with Gasteiger partial charge in [-0.2, -0.15) is 0 Å². The molecule has 1 atom stereocenters. The first kappa shape index (κ1) is 16.0. The number of rotatable bonds is 3. The molecule has 2 aromatic carbocycles. The van der Waals surface area contributed by atoms with Crippen molar-refractivity contribution in [2.24, 2.45) is 5.14 Å². The summed E-state index contributed by atoms with van der Waals surface area (Å²) in [5.41, 5.74) is 3.53. The van der Waals surface area contributed by atoms with Crippen LogP contribution in [0.5, 0.6) is 0 Å². The van der Waals surface area contributed by atoms with Crippen LogP contribution in [0.15, 0.2) is 41.3 Å². The number of aromatic amines is 1. The van der Waals surface area contributed by atoms with Gasteiger partial charge in [-0.05, 0) is 30.2 Å². The lowest BCUT2D eigenvalue weighted by Crippen LogP contribution is -2.12. The largest absolute Gasteiger partial charge is 0.341 e. The van der Waals surface area contributed by atoms with Crippen LogP contribution in [0.1, 0.15) is 29.8 Å². The molecule has 0 saturated carbocycles. The first-order chi connectivity index (χ1) is 10.8. The SMILES string of the molecule is Cc1ccccc1C(C)c1nc2cc(Cl)c(S(N)(=O)=O)cc2[nH]1. The maximum atomic E-state index is 11.6. The monoisotopic (exact) mass is 349 g/mol. The van der Waals surface area contributed by atoms with E-state index in [9.17, 15) is 8.42 Å². The van der Waals surface area contributed by atoms with Gasteiger partial charge in [-0.3, -0.25) is 0 Å². The van der Waals surface area contributed by atoms with Crippen LogP contribution < -0.4 is 5.14 Å². The molecule has 3 N–H and O–H groups in total. The molecule has 3 rings (SSSR count). The van der Waals surface area contributed by atoms with Crippen molar-refractivity contribution in [3.05, 3.63) is 58.4 Å². The molecule has 0 aliphatic carbocycles. The van der Waals surface area contributed by atoms with E-state index in [4.69, 9.17) is 16.7 Å². The molecule has 1 aromatic heterocycles. The molecule has 0 saturated heterocycles. The topological polar surface area (TPSA) is 88.8 Å². The Kier molecular flexibility index (Phi) is 3.91. The average molecular weight is 350 g/mol. The molecule has 0 radical (unpaired) electrons. The summed E-state index contributed by atoms with van der Waals surface area (Å²) in [5, 5.41) is 5.25. The number of benzene rings is 2. The standard InChI is InChI=1S/C16H16ClN3O2S/c1-9-5-3-4-6-11(9)10(2)16-19-13-7-12(17)15(23(18,21)22)8-14(13)20-16/h3-8,10H,1-2H3,(H,19,20)(H2,18,21,22). The number of sulfonamides is 1. The van der Waals surface area contributed by atoms with Crippen LogP contribution in [0.3, 0.4) is 0 Å². The number of H-pyrrole nitrogens is 1. The first-order valence-corrected chi connectivity index (χ1v) is 8.97. The van der Waals surface area contributed by atoms with E-state index >= 15 is 0 Å². The highest BCUT2D eigenvalue weighted by Gasteiger charge is 2.19. The number of imidazole rings is 1. The van der Waals surface area contributed by atoms with E-state index in [0.29, 0.717) is 11.0 Å². The molecule has 5 nitrogen and oxygen atoms in total. The fraction of sp³-hybridized carbons (Fsp3) is 0.188. The maximum absolute atomic E-state index is 11.6. The number of aromatic nitrogens is 2. The zero-order chi connectivity index (χ0) is 16.8. The summed E-state index contributed by atoms with van der Waals surface area (Å²) in [7, 11) is -3.87. The van der Waals surface area contributed by atoms with Crippen LogP contribution >= 0.6 is 11.6 Å².